The highest BCUT2D eigenvalue weighted by molar-refractivity contribution is 7.24. The van der Waals surface area contributed by atoms with Crippen LogP contribution in [0.15, 0.2) is 23.5 Å². The third kappa shape index (κ3) is 7.84. The van der Waals surface area contributed by atoms with Gasteiger partial charge in [-0.15, -0.1) is 0 Å². The van der Waals surface area contributed by atoms with E-state index in [1.54, 1.807) is 34.0 Å². The molecule has 0 saturated carbocycles. The van der Waals surface area contributed by atoms with Crippen LogP contribution in [0.4, 0.5) is 0 Å². The molecule has 0 aromatic carbocycles. The number of carbonyl (C=O) groups is 1. The highest BCUT2D eigenvalue weighted by Gasteiger charge is 2.49. The Morgan fingerprint density at radius 1 is 1.30 bits per heavy atom. The summed E-state index contributed by atoms with van der Waals surface area (Å²) in [5.74, 6) is -1.49. The zero-order valence-electron chi connectivity index (χ0n) is 24.0. The Bertz CT molecular complexity index is 859. The van der Waals surface area contributed by atoms with Gasteiger partial charge < -0.3 is 33.7 Å². The lowest BCUT2D eigenvalue weighted by atomic mass is 9.80. The van der Waals surface area contributed by atoms with E-state index in [-0.39, 0.29) is 33.1 Å². The van der Waals surface area contributed by atoms with Crippen LogP contribution in [0.5, 0.6) is 0 Å². The number of nitrogens with zero attached hydrogens (tertiary/aromatic N) is 1. The first-order chi connectivity index (χ1) is 17.2. The van der Waals surface area contributed by atoms with Crippen molar-refractivity contribution in [2.24, 2.45) is 11.8 Å². The van der Waals surface area contributed by atoms with Crippen LogP contribution >= 0.6 is 8.46 Å². The Hall–Kier alpha value is -1.35. The van der Waals surface area contributed by atoms with Gasteiger partial charge in [0.15, 0.2) is 14.8 Å². The summed E-state index contributed by atoms with van der Waals surface area (Å²) in [6.45, 7) is 12.9. The molecule has 1 N–H and O–H groups in total. The first-order valence-corrected chi connectivity index (χ1v) is 13.8. The monoisotopic (exact) mass is 543 g/mol. The zero-order chi connectivity index (χ0) is 28.1. The molecule has 2 heterocycles. The first-order valence-electron chi connectivity index (χ1n) is 12.9. The fraction of sp³-hybridized carbons (Fsp3) is 0.815. The summed E-state index contributed by atoms with van der Waals surface area (Å²) in [6, 6.07) is -0.00937. The van der Waals surface area contributed by atoms with Gasteiger partial charge in [0.05, 0.1) is 30.0 Å². The average Bonchev–Trinajstić information content (AvgIpc) is 2.82. The van der Waals surface area contributed by atoms with E-state index < -0.39 is 41.3 Å². The Labute approximate surface area is 223 Å². The normalized spacial score (nSPS) is 30.6. The van der Waals surface area contributed by atoms with E-state index in [9.17, 15) is 14.5 Å². The van der Waals surface area contributed by atoms with Crippen LogP contribution < -0.4 is 0 Å². The SMILES string of the molecule is CO[C@](C)(C[C@@H](C)/C=C/CO)[C@H](O[C@@H]1O[C@H](C)CC(N(C)C)[C@H]1P=O)[C@@H](C)C1=C(C)C(=O)OC(C)(C)O1. The molecule has 0 aromatic rings. The van der Waals surface area contributed by atoms with E-state index in [2.05, 4.69) is 4.90 Å². The molecule has 9 nitrogen and oxygen atoms in total. The van der Waals surface area contributed by atoms with E-state index in [1.807, 2.05) is 47.9 Å². The Morgan fingerprint density at radius 3 is 2.49 bits per heavy atom. The summed E-state index contributed by atoms with van der Waals surface area (Å²) < 4.78 is 43.1. The van der Waals surface area contributed by atoms with Crippen molar-refractivity contribution in [1.82, 2.24) is 4.90 Å². The molecule has 0 radical (unpaired) electrons. The standard InChI is InChI=1S/C27H46NO8P/c1-16(12-11-13-29)15-27(7,32-10)23(18(3)21-19(4)24(30)36-26(5,6)35-21)34-25-22(37-31)20(28(8)9)14-17(2)33-25/h11-12,16-18,20,22-23,25,29H,13-15H2,1-10H3/b12-11+/t16-,17+,18-,20?,22+,23+,25-,27+/m0/s1. The minimum absolute atomic E-state index is 0.00937. The predicted molar refractivity (Wildman–Crippen MR) is 141 cm³/mol. The molecule has 37 heavy (non-hydrogen) atoms. The summed E-state index contributed by atoms with van der Waals surface area (Å²) >= 11 is 0. The van der Waals surface area contributed by atoms with Crippen molar-refractivity contribution < 1.29 is 38.2 Å². The maximum Gasteiger partial charge on any atom is 0.340 e. The van der Waals surface area contributed by atoms with Crippen molar-refractivity contribution in [3.8, 4) is 0 Å². The van der Waals surface area contributed by atoms with Crippen LogP contribution in [0.2, 0.25) is 0 Å². The van der Waals surface area contributed by atoms with E-state index in [0.29, 0.717) is 17.8 Å². The van der Waals surface area contributed by atoms with Gasteiger partial charge >= 0.3 is 5.97 Å². The highest BCUT2D eigenvalue weighted by atomic mass is 31.1. The number of esters is 1. The maximum atomic E-state index is 12.7. The smallest absolute Gasteiger partial charge is 0.340 e. The molecule has 0 amide bonds. The van der Waals surface area contributed by atoms with E-state index in [1.165, 1.54) is 0 Å². The molecule has 0 spiro atoms. The average molecular weight is 544 g/mol. The van der Waals surface area contributed by atoms with Crippen LogP contribution in [0.1, 0.15) is 61.3 Å². The topological polar surface area (TPSA) is 104 Å². The summed E-state index contributed by atoms with van der Waals surface area (Å²) in [6.07, 6.45) is 3.39. The van der Waals surface area contributed by atoms with Gasteiger partial charge in [-0.3, -0.25) is 4.57 Å². The molecule has 212 valence electrons. The second kappa shape index (κ2) is 13.1. The van der Waals surface area contributed by atoms with Gasteiger partial charge in [0.25, 0.3) is 0 Å². The predicted octanol–water partition coefficient (Wildman–Crippen LogP) is 4.30. The molecular weight excluding hydrogens is 497 g/mol. The van der Waals surface area contributed by atoms with E-state index in [0.717, 1.165) is 6.42 Å². The molecule has 1 fully saturated rings. The first kappa shape index (κ1) is 31.9. The van der Waals surface area contributed by atoms with Crippen LogP contribution in [0.25, 0.3) is 0 Å². The number of carbonyl (C=O) groups excluding carboxylic acids is 1. The molecule has 0 aromatic heterocycles. The van der Waals surface area contributed by atoms with Crippen molar-refractivity contribution in [3.05, 3.63) is 23.5 Å². The molecule has 2 aliphatic heterocycles. The van der Waals surface area contributed by atoms with Gasteiger partial charge in [-0.2, -0.15) is 0 Å². The minimum Gasteiger partial charge on any atom is -0.456 e. The van der Waals surface area contributed by atoms with Crippen molar-refractivity contribution in [1.29, 1.82) is 0 Å². The third-order valence-corrected chi connectivity index (χ3v) is 8.11. The van der Waals surface area contributed by atoms with Gasteiger partial charge in [0, 0.05) is 32.9 Å². The van der Waals surface area contributed by atoms with Gasteiger partial charge in [-0.25, -0.2) is 4.79 Å². The molecule has 0 aliphatic carbocycles. The highest BCUT2D eigenvalue weighted by Crippen LogP contribution is 2.42. The van der Waals surface area contributed by atoms with Crippen molar-refractivity contribution >= 4 is 14.4 Å². The van der Waals surface area contributed by atoms with Crippen molar-refractivity contribution in [2.75, 3.05) is 27.8 Å². The Morgan fingerprint density at radius 2 is 1.95 bits per heavy atom. The molecule has 8 atom stereocenters. The van der Waals surface area contributed by atoms with Gasteiger partial charge in [0.2, 0.25) is 5.79 Å². The minimum atomic E-state index is -1.13. The lowest BCUT2D eigenvalue weighted by Crippen LogP contribution is -2.57. The summed E-state index contributed by atoms with van der Waals surface area (Å²) in [5.41, 5.74) is -0.907. The second-order valence-corrected chi connectivity index (χ2v) is 12.0. The van der Waals surface area contributed by atoms with Gasteiger partial charge in [-0.1, -0.05) is 26.0 Å². The summed E-state index contributed by atoms with van der Waals surface area (Å²) in [5, 5.41) is 9.25. The van der Waals surface area contributed by atoms with Crippen molar-refractivity contribution in [2.45, 2.75) is 103 Å². The number of hydrogen-bond acceptors (Lipinski definition) is 9. The third-order valence-electron chi connectivity index (χ3n) is 7.28. The maximum absolute atomic E-state index is 12.7. The number of aliphatic hydroxyl groups excluding tert-OH is 1. The fourth-order valence-corrected chi connectivity index (χ4v) is 6.13. The molecule has 0 bridgehead atoms. The van der Waals surface area contributed by atoms with Gasteiger partial charge in [0.1, 0.15) is 11.4 Å². The van der Waals surface area contributed by atoms with Crippen LogP contribution in [-0.2, 0) is 33.0 Å². The number of hydrogen-bond donors (Lipinski definition) is 1. The number of aliphatic hydroxyl groups is 1. The second-order valence-electron chi connectivity index (χ2n) is 11.2. The number of methoxy groups -OCH3 is 1. The lowest BCUT2D eigenvalue weighted by Gasteiger charge is -2.47. The zero-order valence-corrected chi connectivity index (χ0v) is 24.9. The molecular formula is C27H46NO8P. The fourth-order valence-electron chi connectivity index (χ4n) is 5.36. The van der Waals surface area contributed by atoms with E-state index in [4.69, 9.17) is 23.7 Å². The molecule has 1 saturated heterocycles. The molecule has 10 heteroatoms. The summed E-state index contributed by atoms with van der Waals surface area (Å²) in [4.78, 5) is 14.7. The number of rotatable bonds is 12. The Balaban J connectivity index is 2.56. The van der Waals surface area contributed by atoms with Crippen LogP contribution in [0.3, 0.4) is 0 Å². The Kier molecular flexibility index (Phi) is 11.3. The number of allylic oxidation sites excluding steroid dienone is 1. The molecule has 2 rings (SSSR count). The number of ether oxygens (including phenoxy) is 5. The quantitative estimate of drug-likeness (QED) is 0.219. The van der Waals surface area contributed by atoms with Crippen molar-refractivity contribution in [3.63, 3.8) is 0 Å². The summed E-state index contributed by atoms with van der Waals surface area (Å²) in [7, 11) is 5.48. The molecule has 1 unspecified atom stereocenters. The van der Waals surface area contributed by atoms with E-state index >= 15 is 0 Å². The lowest BCUT2D eigenvalue weighted by molar-refractivity contribution is -0.265. The van der Waals surface area contributed by atoms with Crippen LogP contribution in [-0.4, -0.2) is 85.4 Å². The van der Waals surface area contributed by atoms with Crippen LogP contribution in [0, 0.1) is 11.8 Å². The molecule has 2 aliphatic rings. The van der Waals surface area contributed by atoms with Gasteiger partial charge in [-0.05, 0) is 53.6 Å². The number of cyclic esters (lactones) is 1. The largest absolute Gasteiger partial charge is 0.456 e.